The van der Waals surface area contributed by atoms with Gasteiger partial charge in [0, 0.05) is 6.54 Å². The Balaban J connectivity index is 2.32. The SMILES string of the molecule is C[C@]1(c2ccc(CN)cc2)NC(=O)N(CC(=O)O)C1=O. The van der Waals surface area contributed by atoms with Crippen LogP contribution in [0.1, 0.15) is 18.1 Å². The molecule has 1 fully saturated rings. The summed E-state index contributed by atoms with van der Waals surface area (Å²) in [5.74, 6) is -1.82. The van der Waals surface area contributed by atoms with Crippen LogP contribution in [0.15, 0.2) is 24.3 Å². The summed E-state index contributed by atoms with van der Waals surface area (Å²) in [6.07, 6.45) is 0. The minimum Gasteiger partial charge on any atom is -0.480 e. The van der Waals surface area contributed by atoms with E-state index in [0.29, 0.717) is 17.0 Å². The summed E-state index contributed by atoms with van der Waals surface area (Å²) in [4.78, 5) is 35.4. The minimum absolute atomic E-state index is 0.377. The molecule has 4 N–H and O–H groups in total. The molecule has 1 aliphatic heterocycles. The van der Waals surface area contributed by atoms with Gasteiger partial charge in [-0.3, -0.25) is 14.5 Å². The van der Waals surface area contributed by atoms with E-state index in [2.05, 4.69) is 5.32 Å². The number of nitrogens with zero attached hydrogens (tertiary/aromatic N) is 1. The van der Waals surface area contributed by atoms with Gasteiger partial charge in [-0.1, -0.05) is 24.3 Å². The molecule has 0 unspecified atom stereocenters. The van der Waals surface area contributed by atoms with Gasteiger partial charge in [-0.05, 0) is 18.1 Å². The topological polar surface area (TPSA) is 113 Å². The van der Waals surface area contributed by atoms with Gasteiger partial charge in [0.05, 0.1) is 0 Å². The third kappa shape index (κ3) is 2.23. The molecular formula is C13H15N3O4. The molecule has 1 aromatic carbocycles. The van der Waals surface area contributed by atoms with Crippen molar-refractivity contribution in [2.75, 3.05) is 6.54 Å². The molecule has 1 heterocycles. The van der Waals surface area contributed by atoms with Crippen molar-refractivity contribution in [3.8, 4) is 0 Å². The lowest BCUT2D eigenvalue weighted by atomic mass is 9.91. The van der Waals surface area contributed by atoms with Gasteiger partial charge in [0.25, 0.3) is 5.91 Å². The van der Waals surface area contributed by atoms with Crippen LogP contribution in [0.2, 0.25) is 0 Å². The minimum atomic E-state index is -1.25. The molecule has 0 spiro atoms. The summed E-state index contributed by atoms with van der Waals surface area (Å²) < 4.78 is 0. The number of imide groups is 1. The number of nitrogens with two attached hydrogens (primary N) is 1. The van der Waals surface area contributed by atoms with E-state index in [1.54, 1.807) is 31.2 Å². The molecule has 1 aromatic rings. The number of carboxylic acid groups (broad SMARTS) is 1. The second kappa shape index (κ2) is 4.93. The Kier molecular flexibility index (Phi) is 3.46. The number of benzene rings is 1. The van der Waals surface area contributed by atoms with Crippen LogP contribution in [0, 0.1) is 0 Å². The Morgan fingerprint density at radius 2 is 1.95 bits per heavy atom. The van der Waals surface area contributed by atoms with Crippen LogP contribution in [-0.4, -0.2) is 34.5 Å². The van der Waals surface area contributed by atoms with Crippen molar-refractivity contribution in [3.05, 3.63) is 35.4 Å². The maximum atomic E-state index is 12.3. The maximum absolute atomic E-state index is 12.3. The Bertz CT molecular complexity index is 569. The third-order valence-corrected chi connectivity index (χ3v) is 3.34. The molecule has 0 aliphatic carbocycles. The molecule has 7 heteroatoms. The molecule has 7 nitrogen and oxygen atoms in total. The van der Waals surface area contributed by atoms with Crippen molar-refractivity contribution in [1.29, 1.82) is 0 Å². The van der Waals surface area contributed by atoms with Gasteiger partial charge < -0.3 is 16.2 Å². The number of rotatable bonds is 4. The summed E-state index contributed by atoms with van der Waals surface area (Å²) in [6.45, 7) is 1.27. The zero-order valence-electron chi connectivity index (χ0n) is 10.9. The summed E-state index contributed by atoms with van der Waals surface area (Å²) in [7, 11) is 0. The zero-order chi connectivity index (χ0) is 14.9. The number of carboxylic acids is 1. The van der Waals surface area contributed by atoms with Gasteiger partial charge in [-0.25, -0.2) is 4.79 Å². The van der Waals surface area contributed by atoms with Crippen LogP contribution in [0.5, 0.6) is 0 Å². The van der Waals surface area contributed by atoms with Crippen LogP contribution >= 0.6 is 0 Å². The predicted molar refractivity (Wildman–Crippen MR) is 69.6 cm³/mol. The molecule has 106 valence electrons. The number of carbonyl (C=O) groups is 3. The first kappa shape index (κ1) is 14.0. The van der Waals surface area contributed by atoms with Gasteiger partial charge in [0.2, 0.25) is 0 Å². The molecule has 2 rings (SSSR count). The standard InChI is InChI=1S/C13H15N3O4/c1-13(9-4-2-8(6-14)3-5-9)11(19)16(7-10(17)18)12(20)15-13/h2-5H,6-7,14H2,1H3,(H,15,20)(H,17,18)/t13-/m1/s1. The summed E-state index contributed by atoms with van der Waals surface area (Å²) in [5.41, 5.74) is 5.74. The fraction of sp³-hybridized carbons (Fsp3) is 0.308. The highest BCUT2D eigenvalue weighted by Gasteiger charge is 2.49. The van der Waals surface area contributed by atoms with Gasteiger partial charge in [0.1, 0.15) is 12.1 Å². The number of hydrogen-bond donors (Lipinski definition) is 3. The summed E-state index contributed by atoms with van der Waals surface area (Å²) in [5, 5.41) is 11.3. The number of hydrogen-bond acceptors (Lipinski definition) is 4. The monoisotopic (exact) mass is 277 g/mol. The van der Waals surface area contributed by atoms with Crippen molar-refractivity contribution < 1.29 is 19.5 Å². The molecule has 1 atom stereocenters. The van der Waals surface area contributed by atoms with E-state index in [-0.39, 0.29) is 0 Å². The van der Waals surface area contributed by atoms with Crippen molar-refractivity contribution in [2.24, 2.45) is 5.73 Å². The van der Waals surface area contributed by atoms with Crippen LogP contribution in [0.25, 0.3) is 0 Å². The highest BCUT2D eigenvalue weighted by atomic mass is 16.4. The van der Waals surface area contributed by atoms with Crippen LogP contribution < -0.4 is 11.1 Å². The largest absolute Gasteiger partial charge is 0.480 e. The van der Waals surface area contributed by atoms with Crippen molar-refractivity contribution >= 4 is 17.9 Å². The second-order valence-electron chi connectivity index (χ2n) is 4.74. The third-order valence-electron chi connectivity index (χ3n) is 3.34. The van der Waals surface area contributed by atoms with Gasteiger partial charge in [0.15, 0.2) is 0 Å². The van der Waals surface area contributed by atoms with E-state index in [4.69, 9.17) is 10.8 Å². The summed E-state index contributed by atoms with van der Waals surface area (Å²) in [6, 6.07) is 6.22. The van der Waals surface area contributed by atoms with Gasteiger partial charge >= 0.3 is 12.0 Å². The fourth-order valence-corrected chi connectivity index (χ4v) is 2.15. The van der Waals surface area contributed by atoms with Crippen molar-refractivity contribution in [1.82, 2.24) is 10.2 Å². The van der Waals surface area contributed by atoms with E-state index in [1.807, 2.05) is 0 Å². The fourth-order valence-electron chi connectivity index (χ4n) is 2.15. The van der Waals surface area contributed by atoms with Crippen LogP contribution in [0.3, 0.4) is 0 Å². The number of nitrogens with one attached hydrogen (secondary N) is 1. The highest BCUT2D eigenvalue weighted by Crippen LogP contribution is 2.28. The molecule has 0 saturated carbocycles. The van der Waals surface area contributed by atoms with Crippen LogP contribution in [0.4, 0.5) is 4.79 Å². The molecule has 0 radical (unpaired) electrons. The zero-order valence-corrected chi connectivity index (χ0v) is 10.9. The number of aliphatic carboxylic acids is 1. The van der Waals surface area contributed by atoms with E-state index in [9.17, 15) is 14.4 Å². The smallest absolute Gasteiger partial charge is 0.325 e. The Morgan fingerprint density at radius 3 is 2.45 bits per heavy atom. The molecule has 3 amide bonds. The lowest BCUT2D eigenvalue weighted by Gasteiger charge is -2.22. The second-order valence-corrected chi connectivity index (χ2v) is 4.74. The molecule has 1 aliphatic rings. The van der Waals surface area contributed by atoms with Gasteiger partial charge in [-0.2, -0.15) is 0 Å². The molecule has 20 heavy (non-hydrogen) atoms. The first-order valence-corrected chi connectivity index (χ1v) is 6.04. The first-order chi connectivity index (χ1) is 9.38. The normalized spacial score (nSPS) is 22.0. The quantitative estimate of drug-likeness (QED) is 0.670. The average Bonchev–Trinajstić information content (AvgIpc) is 2.63. The Morgan fingerprint density at radius 1 is 1.35 bits per heavy atom. The van der Waals surface area contributed by atoms with Crippen LogP contribution in [-0.2, 0) is 21.7 Å². The molecule has 1 saturated heterocycles. The lowest BCUT2D eigenvalue weighted by Crippen LogP contribution is -2.41. The predicted octanol–water partition coefficient (Wildman–Crippen LogP) is -0.00310. The van der Waals surface area contributed by atoms with Crippen molar-refractivity contribution in [2.45, 2.75) is 19.0 Å². The molecule has 0 aromatic heterocycles. The van der Waals surface area contributed by atoms with Gasteiger partial charge in [-0.15, -0.1) is 0 Å². The van der Waals surface area contributed by atoms with E-state index < -0.39 is 30.0 Å². The summed E-state index contributed by atoms with van der Waals surface area (Å²) >= 11 is 0. The van der Waals surface area contributed by atoms with E-state index in [1.165, 1.54) is 0 Å². The number of urea groups is 1. The maximum Gasteiger partial charge on any atom is 0.325 e. The highest BCUT2D eigenvalue weighted by molar-refractivity contribution is 6.08. The lowest BCUT2D eigenvalue weighted by molar-refractivity contribution is -0.142. The molecule has 0 bridgehead atoms. The first-order valence-electron chi connectivity index (χ1n) is 6.04. The Labute approximate surface area is 115 Å². The van der Waals surface area contributed by atoms with E-state index in [0.717, 1.165) is 5.56 Å². The molecular weight excluding hydrogens is 262 g/mol. The average molecular weight is 277 g/mol. The van der Waals surface area contributed by atoms with E-state index >= 15 is 0 Å². The van der Waals surface area contributed by atoms with Crippen molar-refractivity contribution in [3.63, 3.8) is 0 Å². The Hall–Kier alpha value is -2.41. The number of carbonyl (C=O) groups excluding carboxylic acids is 2. The number of amides is 3.